The third-order valence-electron chi connectivity index (χ3n) is 3.55. The van der Waals surface area contributed by atoms with Gasteiger partial charge in [0.05, 0.1) is 23.3 Å². The van der Waals surface area contributed by atoms with E-state index in [4.69, 9.17) is 11.1 Å². The third kappa shape index (κ3) is 3.53. The number of anilines is 1. The molecule has 0 aliphatic rings. The van der Waals surface area contributed by atoms with Crippen molar-refractivity contribution in [3.05, 3.63) is 41.4 Å². The highest BCUT2D eigenvalue weighted by molar-refractivity contribution is 5.93. The van der Waals surface area contributed by atoms with E-state index >= 15 is 0 Å². The summed E-state index contributed by atoms with van der Waals surface area (Å²) in [6, 6.07) is 6.92. The molecule has 7 nitrogen and oxygen atoms in total. The number of carbonyl (C=O) groups excluding carboxylic acids is 1. The second-order valence-electron chi connectivity index (χ2n) is 7.15. The minimum Gasteiger partial charge on any atom is -0.338 e. The molecule has 7 heteroatoms. The van der Waals surface area contributed by atoms with Crippen LogP contribution in [0.4, 0.5) is 11.6 Å². The molecule has 0 fully saturated rings. The van der Waals surface area contributed by atoms with Crippen molar-refractivity contribution in [3.8, 4) is 5.88 Å². The number of nitrogens with one attached hydrogen (secondary N) is 1. The van der Waals surface area contributed by atoms with Crippen molar-refractivity contribution in [3.63, 3.8) is 0 Å². The summed E-state index contributed by atoms with van der Waals surface area (Å²) >= 11 is 0. The van der Waals surface area contributed by atoms with Gasteiger partial charge < -0.3 is 4.52 Å². The Labute approximate surface area is 145 Å². The first-order valence-electron chi connectivity index (χ1n) is 7.90. The molecule has 1 N–H and O–H groups in total. The van der Waals surface area contributed by atoms with E-state index in [1.807, 2.05) is 27.7 Å². The molecular weight excluding hydrogens is 318 g/mol. The zero-order chi connectivity index (χ0) is 18.2. The summed E-state index contributed by atoms with van der Waals surface area (Å²) < 4.78 is 7.03. The summed E-state index contributed by atoms with van der Waals surface area (Å²) in [6.45, 7) is 15.0. The SMILES string of the molecule is [C-]#[N+]c1ccc2nc(NC(=O)CC(C)(C)C)n(-c3cc(C)no3)c2c1. The molecule has 0 spiro atoms. The van der Waals surface area contributed by atoms with Gasteiger partial charge in [0.2, 0.25) is 17.7 Å². The molecule has 3 rings (SSSR count). The van der Waals surface area contributed by atoms with Crippen LogP contribution in [0.1, 0.15) is 32.9 Å². The second kappa shape index (κ2) is 6.06. The zero-order valence-corrected chi connectivity index (χ0v) is 14.6. The Balaban J connectivity index is 2.11. The van der Waals surface area contributed by atoms with Crippen molar-refractivity contribution in [2.24, 2.45) is 5.41 Å². The Kier molecular flexibility index (Phi) is 4.05. The molecule has 0 saturated heterocycles. The molecular formula is C18H19N5O2. The van der Waals surface area contributed by atoms with Crippen molar-refractivity contribution in [1.82, 2.24) is 14.7 Å². The fourth-order valence-electron chi connectivity index (χ4n) is 2.55. The van der Waals surface area contributed by atoms with E-state index < -0.39 is 0 Å². The molecule has 0 unspecified atom stereocenters. The van der Waals surface area contributed by atoms with Crippen molar-refractivity contribution < 1.29 is 9.32 Å². The van der Waals surface area contributed by atoms with Crippen molar-refractivity contribution in [2.75, 3.05) is 5.32 Å². The molecule has 0 radical (unpaired) electrons. The van der Waals surface area contributed by atoms with Crippen LogP contribution in [-0.4, -0.2) is 20.6 Å². The van der Waals surface area contributed by atoms with Crippen molar-refractivity contribution in [1.29, 1.82) is 0 Å². The maximum atomic E-state index is 12.4. The lowest BCUT2D eigenvalue weighted by molar-refractivity contribution is -0.117. The molecule has 0 atom stereocenters. The predicted octanol–water partition coefficient (Wildman–Crippen LogP) is 4.25. The summed E-state index contributed by atoms with van der Waals surface area (Å²) in [4.78, 5) is 20.3. The maximum Gasteiger partial charge on any atom is 0.238 e. The Morgan fingerprint density at radius 3 is 2.72 bits per heavy atom. The number of fused-ring (bicyclic) bond motifs is 1. The summed E-state index contributed by atoms with van der Waals surface area (Å²) in [7, 11) is 0. The van der Waals surface area contributed by atoms with E-state index in [0.29, 0.717) is 40.7 Å². The maximum absolute atomic E-state index is 12.4. The lowest BCUT2D eigenvalue weighted by Gasteiger charge is -2.17. The van der Waals surface area contributed by atoms with Gasteiger partial charge in [-0.15, -0.1) is 0 Å². The molecule has 0 bridgehead atoms. The van der Waals surface area contributed by atoms with Crippen molar-refractivity contribution in [2.45, 2.75) is 34.1 Å². The zero-order valence-electron chi connectivity index (χ0n) is 14.6. The summed E-state index contributed by atoms with van der Waals surface area (Å²) in [5.74, 6) is 0.654. The van der Waals surface area contributed by atoms with Gasteiger partial charge in [0.1, 0.15) is 0 Å². The van der Waals surface area contributed by atoms with E-state index in [1.54, 1.807) is 28.8 Å². The third-order valence-corrected chi connectivity index (χ3v) is 3.55. The fraction of sp³-hybridized carbons (Fsp3) is 0.333. The Morgan fingerprint density at radius 1 is 1.36 bits per heavy atom. The molecule has 3 aromatic rings. The van der Waals surface area contributed by atoms with Crippen LogP contribution in [-0.2, 0) is 4.79 Å². The number of benzene rings is 1. The number of rotatable bonds is 3. The van der Waals surface area contributed by atoms with Crippen LogP contribution in [0.25, 0.3) is 21.8 Å². The van der Waals surface area contributed by atoms with E-state index in [0.717, 1.165) is 0 Å². The van der Waals surface area contributed by atoms with Gasteiger partial charge in [-0.2, -0.15) is 0 Å². The number of hydrogen-bond acceptors (Lipinski definition) is 4. The monoisotopic (exact) mass is 337 g/mol. The Morgan fingerprint density at radius 2 is 2.12 bits per heavy atom. The number of aryl methyl sites for hydroxylation is 1. The predicted molar refractivity (Wildman–Crippen MR) is 94.8 cm³/mol. The number of amides is 1. The van der Waals surface area contributed by atoms with Gasteiger partial charge in [-0.3, -0.25) is 10.1 Å². The van der Waals surface area contributed by atoms with Gasteiger partial charge in [-0.1, -0.05) is 32.0 Å². The fourth-order valence-corrected chi connectivity index (χ4v) is 2.55. The van der Waals surface area contributed by atoms with Crippen LogP contribution in [0.15, 0.2) is 28.8 Å². The first kappa shape index (κ1) is 16.7. The van der Waals surface area contributed by atoms with E-state index in [1.165, 1.54) is 0 Å². The highest BCUT2D eigenvalue weighted by atomic mass is 16.5. The van der Waals surface area contributed by atoms with Gasteiger partial charge in [0.15, 0.2) is 5.69 Å². The van der Waals surface area contributed by atoms with Crippen LogP contribution in [0.3, 0.4) is 0 Å². The number of imidazole rings is 1. The average Bonchev–Trinajstić information content (AvgIpc) is 3.07. The van der Waals surface area contributed by atoms with Crippen molar-refractivity contribution >= 4 is 28.6 Å². The second-order valence-corrected chi connectivity index (χ2v) is 7.15. The van der Waals surface area contributed by atoms with E-state index in [2.05, 4.69) is 20.3 Å². The first-order chi connectivity index (χ1) is 11.8. The summed E-state index contributed by atoms with van der Waals surface area (Å²) in [5.41, 5.74) is 2.40. The summed E-state index contributed by atoms with van der Waals surface area (Å²) in [6.07, 6.45) is 0.360. The van der Waals surface area contributed by atoms with Crippen LogP contribution in [0.2, 0.25) is 0 Å². The Hall–Kier alpha value is -3.14. The largest absolute Gasteiger partial charge is 0.338 e. The van der Waals surface area contributed by atoms with E-state index in [-0.39, 0.29) is 11.3 Å². The lowest BCUT2D eigenvalue weighted by Crippen LogP contribution is -2.21. The minimum atomic E-state index is -0.138. The average molecular weight is 337 g/mol. The Bertz CT molecular complexity index is 985. The number of carbonyl (C=O) groups is 1. The van der Waals surface area contributed by atoms with Gasteiger partial charge in [0.25, 0.3) is 0 Å². The number of hydrogen-bond donors (Lipinski definition) is 1. The van der Waals surface area contributed by atoms with Crippen LogP contribution in [0, 0.1) is 18.9 Å². The highest BCUT2D eigenvalue weighted by Gasteiger charge is 2.21. The van der Waals surface area contributed by atoms with Crippen LogP contribution in [0.5, 0.6) is 0 Å². The highest BCUT2D eigenvalue weighted by Crippen LogP contribution is 2.29. The van der Waals surface area contributed by atoms with Crippen LogP contribution >= 0.6 is 0 Å². The van der Waals surface area contributed by atoms with E-state index in [9.17, 15) is 4.79 Å². The van der Waals surface area contributed by atoms with Gasteiger partial charge in [-0.05, 0) is 24.5 Å². The molecule has 1 amide bonds. The number of nitrogens with zero attached hydrogens (tertiary/aromatic N) is 4. The van der Waals surface area contributed by atoms with Gasteiger partial charge >= 0.3 is 0 Å². The lowest BCUT2D eigenvalue weighted by atomic mass is 9.92. The molecule has 1 aromatic carbocycles. The minimum absolute atomic E-state index is 0.134. The molecule has 128 valence electrons. The van der Waals surface area contributed by atoms with Crippen LogP contribution < -0.4 is 5.32 Å². The molecule has 0 saturated carbocycles. The topological polar surface area (TPSA) is 77.3 Å². The normalized spacial score (nSPS) is 11.5. The number of aromatic nitrogens is 3. The molecule has 2 heterocycles. The smallest absolute Gasteiger partial charge is 0.238 e. The van der Waals surface area contributed by atoms with Gasteiger partial charge in [0, 0.05) is 12.5 Å². The van der Waals surface area contributed by atoms with Gasteiger partial charge in [-0.25, -0.2) is 14.4 Å². The molecule has 0 aliphatic carbocycles. The first-order valence-corrected chi connectivity index (χ1v) is 7.90. The quantitative estimate of drug-likeness (QED) is 0.725. The summed E-state index contributed by atoms with van der Waals surface area (Å²) in [5, 5.41) is 6.75. The molecule has 25 heavy (non-hydrogen) atoms. The molecule has 0 aliphatic heterocycles. The standard InChI is InChI=1S/C18H19N5O2/c1-11-8-16(25-22-11)23-14-9-12(19-5)6-7-13(14)20-17(23)21-15(24)10-18(2,3)4/h6-9H,10H2,1-4H3,(H,20,21,24). The molecule has 2 aromatic heterocycles.